The van der Waals surface area contributed by atoms with Crippen LogP contribution in [0.4, 0.5) is 5.82 Å². The summed E-state index contributed by atoms with van der Waals surface area (Å²) in [5.74, 6) is 2.52. The van der Waals surface area contributed by atoms with Gasteiger partial charge in [0.1, 0.15) is 5.82 Å². The van der Waals surface area contributed by atoms with E-state index in [1.54, 1.807) is 0 Å². The van der Waals surface area contributed by atoms with Gasteiger partial charge in [-0.3, -0.25) is 0 Å². The smallest absolute Gasteiger partial charge is 0.134 e. The van der Waals surface area contributed by atoms with Crippen LogP contribution in [-0.4, -0.2) is 11.0 Å². The Morgan fingerprint density at radius 3 is 2.85 bits per heavy atom. The Hall–Kier alpha value is -1.09. The maximum atomic E-state index is 4.57. The van der Waals surface area contributed by atoms with Crippen molar-refractivity contribution in [1.29, 1.82) is 0 Å². The molecule has 1 aliphatic rings. The van der Waals surface area contributed by atoms with Crippen molar-refractivity contribution in [3.63, 3.8) is 0 Å². The molecule has 1 aromatic carbocycles. The van der Waals surface area contributed by atoms with Crippen LogP contribution in [0, 0.1) is 11.8 Å². The molecule has 3 rings (SSSR count). The summed E-state index contributed by atoms with van der Waals surface area (Å²) >= 11 is 3.62. The fraction of sp³-hybridized carbons (Fsp3) is 0.471. The largest absolute Gasteiger partial charge is 0.367 e. The summed E-state index contributed by atoms with van der Waals surface area (Å²) in [4.78, 5) is 4.57. The average Bonchev–Trinajstić information content (AvgIpc) is 2.45. The van der Waals surface area contributed by atoms with E-state index in [0.29, 0.717) is 12.0 Å². The van der Waals surface area contributed by atoms with Gasteiger partial charge >= 0.3 is 0 Å². The number of aromatic nitrogens is 1. The summed E-state index contributed by atoms with van der Waals surface area (Å²) in [6.07, 6.45) is 5.81. The van der Waals surface area contributed by atoms with Crippen molar-refractivity contribution >= 4 is 32.5 Å². The minimum absolute atomic E-state index is 0.538. The third-order valence-corrected chi connectivity index (χ3v) is 5.47. The summed E-state index contributed by atoms with van der Waals surface area (Å²) in [5.41, 5.74) is 0. The second-order valence-electron chi connectivity index (χ2n) is 6.01. The minimum Gasteiger partial charge on any atom is -0.367 e. The molecular weight excluding hydrogens is 312 g/mol. The number of nitrogens with one attached hydrogen (secondary N) is 1. The van der Waals surface area contributed by atoms with Crippen molar-refractivity contribution in [2.45, 2.75) is 39.2 Å². The highest BCUT2D eigenvalue weighted by molar-refractivity contribution is 9.10. The first-order valence-corrected chi connectivity index (χ1v) is 8.26. The van der Waals surface area contributed by atoms with Gasteiger partial charge in [-0.25, -0.2) is 4.98 Å². The number of rotatable bonds is 2. The van der Waals surface area contributed by atoms with Gasteiger partial charge in [-0.15, -0.1) is 0 Å². The molecule has 2 nitrogen and oxygen atoms in total. The van der Waals surface area contributed by atoms with Gasteiger partial charge in [-0.05, 0) is 30.4 Å². The highest BCUT2D eigenvalue weighted by Crippen LogP contribution is 2.33. The zero-order valence-electron chi connectivity index (χ0n) is 12.1. The van der Waals surface area contributed by atoms with Gasteiger partial charge in [0.2, 0.25) is 0 Å². The Balaban J connectivity index is 1.93. The van der Waals surface area contributed by atoms with Crippen LogP contribution in [0.5, 0.6) is 0 Å². The molecular formula is C17H21BrN2. The van der Waals surface area contributed by atoms with E-state index in [2.05, 4.69) is 64.3 Å². The minimum atomic E-state index is 0.538. The second kappa shape index (κ2) is 5.72. The number of anilines is 1. The Labute approximate surface area is 129 Å². The maximum Gasteiger partial charge on any atom is 0.134 e. The van der Waals surface area contributed by atoms with Gasteiger partial charge in [0.15, 0.2) is 0 Å². The normalized spacial score (nSPS) is 26.6. The lowest BCUT2D eigenvalue weighted by molar-refractivity contribution is 0.253. The molecule has 1 fully saturated rings. The fourth-order valence-electron chi connectivity index (χ4n) is 3.25. The summed E-state index contributed by atoms with van der Waals surface area (Å²) in [7, 11) is 0. The topological polar surface area (TPSA) is 24.9 Å². The number of hydrogen-bond acceptors (Lipinski definition) is 2. The van der Waals surface area contributed by atoms with Crippen LogP contribution in [-0.2, 0) is 0 Å². The molecule has 0 saturated heterocycles. The van der Waals surface area contributed by atoms with Gasteiger partial charge in [0.05, 0.1) is 0 Å². The molecule has 3 heteroatoms. The third kappa shape index (κ3) is 2.56. The van der Waals surface area contributed by atoms with Crippen LogP contribution >= 0.6 is 15.9 Å². The number of benzene rings is 1. The fourth-order valence-corrected chi connectivity index (χ4v) is 3.74. The SMILES string of the molecule is CC1CCCC(Nc2nccc3c(Br)cccc23)C1C. The predicted octanol–water partition coefficient (Wildman–Crippen LogP) is 5.23. The molecule has 106 valence electrons. The zero-order valence-corrected chi connectivity index (χ0v) is 13.7. The van der Waals surface area contributed by atoms with Crippen LogP contribution in [0.15, 0.2) is 34.9 Å². The lowest BCUT2D eigenvalue weighted by atomic mass is 9.78. The number of fused-ring (bicyclic) bond motifs is 1. The highest BCUT2D eigenvalue weighted by atomic mass is 79.9. The molecule has 2 aromatic rings. The number of hydrogen-bond donors (Lipinski definition) is 1. The highest BCUT2D eigenvalue weighted by Gasteiger charge is 2.27. The van der Waals surface area contributed by atoms with Gasteiger partial charge in [-0.1, -0.05) is 54.8 Å². The number of nitrogens with zero attached hydrogens (tertiary/aromatic N) is 1. The monoisotopic (exact) mass is 332 g/mol. The molecule has 0 bridgehead atoms. The van der Waals surface area contributed by atoms with Crippen LogP contribution < -0.4 is 5.32 Å². The van der Waals surface area contributed by atoms with E-state index in [4.69, 9.17) is 0 Å². The van der Waals surface area contributed by atoms with Crippen LogP contribution in [0.25, 0.3) is 10.8 Å². The molecule has 1 saturated carbocycles. The molecule has 0 radical (unpaired) electrons. The van der Waals surface area contributed by atoms with Crippen LogP contribution in [0.3, 0.4) is 0 Å². The van der Waals surface area contributed by atoms with Crippen LogP contribution in [0.2, 0.25) is 0 Å². The van der Waals surface area contributed by atoms with E-state index < -0.39 is 0 Å². The quantitative estimate of drug-likeness (QED) is 0.813. The van der Waals surface area contributed by atoms with Crippen molar-refractivity contribution in [3.05, 3.63) is 34.9 Å². The standard InChI is InChI=1S/C17H21BrN2/c1-11-5-3-8-16(12(11)2)20-17-14-6-4-7-15(18)13(14)9-10-19-17/h4,6-7,9-12,16H,3,5,8H2,1-2H3,(H,19,20). The van der Waals surface area contributed by atoms with Gasteiger partial charge in [0.25, 0.3) is 0 Å². The summed E-state index contributed by atoms with van der Waals surface area (Å²) in [6.45, 7) is 4.73. The number of halogens is 1. The van der Waals surface area contributed by atoms with Crippen molar-refractivity contribution in [3.8, 4) is 0 Å². The maximum absolute atomic E-state index is 4.57. The molecule has 1 aromatic heterocycles. The lowest BCUT2D eigenvalue weighted by Gasteiger charge is -2.35. The molecule has 1 N–H and O–H groups in total. The van der Waals surface area contributed by atoms with E-state index in [0.717, 1.165) is 16.2 Å². The molecule has 1 heterocycles. The molecule has 0 spiro atoms. The van der Waals surface area contributed by atoms with Crippen molar-refractivity contribution in [1.82, 2.24) is 4.98 Å². The first-order valence-electron chi connectivity index (χ1n) is 7.46. The van der Waals surface area contributed by atoms with E-state index in [9.17, 15) is 0 Å². The molecule has 3 atom stereocenters. The predicted molar refractivity (Wildman–Crippen MR) is 89.0 cm³/mol. The van der Waals surface area contributed by atoms with E-state index >= 15 is 0 Å². The summed E-state index contributed by atoms with van der Waals surface area (Å²) < 4.78 is 1.13. The van der Waals surface area contributed by atoms with Crippen molar-refractivity contribution < 1.29 is 0 Å². The molecule has 3 unspecified atom stereocenters. The average molecular weight is 333 g/mol. The van der Waals surface area contributed by atoms with E-state index in [1.807, 2.05) is 6.20 Å². The van der Waals surface area contributed by atoms with Gasteiger partial charge in [-0.2, -0.15) is 0 Å². The molecule has 0 amide bonds. The van der Waals surface area contributed by atoms with Gasteiger partial charge < -0.3 is 5.32 Å². The second-order valence-corrected chi connectivity index (χ2v) is 6.87. The lowest BCUT2D eigenvalue weighted by Crippen LogP contribution is -2.35. The van der Waals surface area contributed by atoms with E-state index in [1.165, 1.54) is 30.0 Å². The Bertz CT molecular complexity index is 611. The van der Waals surface area contributed by atoms with E-state index in [-0.39, 0.29) is 0 Å². The van der Waals surface area contributed by atoms with Gasteiger partial charge in [0, 0.05) is 27.5 Å². The Morgan fingerprint density at radius 2 is 2.00 bits per heavy atom. The Morgan fingerprint density at radius 1 is 1.15 bits per heavy atom. The van der Waals surface area contributed by atoms with Crippen LogP contribution in [0.1, 0.15) is 33.1 Å². The molecule has 1 aliphatic carbocycles. The first kappa shape index (κ1) is 13.9. The summed E-state index contributed by atoms with van der Waals surface area (Å²) in [6, 6.07) is 8.91. The summed E-state index contributed by atoms with van der Waals surface area (Å²) in [5, 5.41) is 6.12. The van der Waals surface area contributed by atoms with Crippen molar-refractivity contribution in [2.24, 2.45) is 11.8 Å². The third-order valence-electron chi connectivity index (χ3n) is 4.78. The number of pyridine rings is 1. The zero-order chi connectivity index (χ0) is 14.1. The molecule has 0 aliphatic heterocycles. The van der Waals surface area contributed by atoms with Crippen molar-refractivity contribution in [2.75, 3.05) is 5.32 Å². The molecule has 20 heavy (non-hydrogen) atoms. The first-order chi connectivity index (χ1) is 9.66. The Kier molecular flexibility index (Phi) is 3.97.